The minimum atomic E-state index is -1.16. The molecule has 78 valence electrons. The summed E-state index contributed by atoms with van der Waals surface area (Å²) in [5, 5.41) is 26.9. The second-order valence-corrected chi connectivity index (χ2v) is 2.80. The highest BCUT2D eigenvalue weighted by molar-refractivity contribution is 4.66. The number of ether oxygens (including phenoxy) is 1. The van der Waals surface area contributed by atoms with E-state index in [0.29, 0.717) is 19.3 Å². The molecule has 0 radical (unpaired) electrons. The predicted molar refractivity (Wildman–Crippen MR) is 49.1 cm³/mol. The van der Waals surface area contributed by atoms with Gasteiger partial charge in [-0.1, -0.05) is 6.08 Å². The third-order valence-corrected chi connectivity index (χ3v) is 1.62. The van der Waals surface area contributed by atoms with Crippen LogP contribution in [-0.2, 0) is 4.74 Å². The Balaban J connectivity index is 3.43. The molecule has 0 aliphatic heterocycles. The average molecular weight is 190 g/mol. The van der Waals surface area contributed by atoms with Crippen molar-refractivity contribution in [2.24, 2.45) is 0 Å². The summed E-state index contributed by atoms with van der Waals surface area (Å²) >= 11 is 0. The lowest BCUT2D eigenvalue weighted by molar-refractivity contribution is -0.156. The molecule has 0 bridgehead atoms. The van der Waals surface area contributed by atoms with Crippen molar-refractivity contribution >= 4 is 0 Å². The summed E-state index contributed by atoms with van der Waals surface area (Å²) in [7, 11) is 0. The summed E-state index contributed by atoms with van der Waals surface area (Å²) < 4.78 is 4.81. The van der Waals surface area contributed by atoms with Crippen molar-refractivity contribution in [1.29, 1.82) is 0 Å². The van der Waals surface area contributed by atoms with Gasteiger partial charge in [0.15, 0.2) is 6.29 Å². The minimum absolute atomic E-state index is 0.107. The van der Waals surface area contributed by atoms with Crippen LogP contribution in [0.15, 0.2) is 12.7 Å². The topological polar surface area (TPSA) is 69.9 Å². The second-order valence-electron chi connectivity index (χ2n) is 2.80. The molecule has 0 aliphatic rings. The van der Waals surface area contributed by atoms with Crippen LogP contribution in [0, 0.1) is 0 Å². The number of aliphatic hydroxyl groups is 3. The van der Waals surface area contributed by atoms with E-state index in [4.69, 9.17) is 14.9 Å². The lowest BCUT2D eigenvalue weighted by Gasteiger charge is -2.16. The predicted octanol–water partition coefficient (Wildman–Crippen LogP) is 0.0309. The van der Waals surface area contributed by atoms with Crippen molar-refractivity contribution in [3.8, 4) is 0 Å². The highest BCUT2D eigenvalue weighted by Crippen LogP contribution is 2.05. The van der Waals surface area contributed by atoms with Crippen LogP contribution in [0.2, 0.25) is 0 Å². The maximum absolute atomic E-state index is 9.28. The molecular formula is C9H18O4. The fourth-order valence-corrected chi connectivity index (χ4v) is 0.886. The van der Waals surface area contributed by atoms with Gasteiger partial charge >= 0.3 is 0 Å². The molecule has 13 heavy (non-hydrogen) atoms. The summed E-state index contributed by atoms with van der Waals surface area (Å²) in [6, 6.07) is 0. The van der Waals surface area contributed by atoms with Crippen molar-refractivity contribution in [3.63, 3.8) is 0 Å². The molecule has 0 unspecified atom stereocenters. The lowest BCUT2D eigenvalue weighted by atomic mass is 10.1. The second kappa shape index (κ2) is 8.19. The molecule has 0 aromatic heterocycles. The fraction of sp³-hybridized carbons (Fsp3) is 0.778. The molecule has 4 heteroatoms. The van der Waals surface area contributed by atoms with Crippen molar-refractivity contribution in [1.82, 2.24) is 0 Å². The van der Waals surface area contributed by atoms with E-state index in [0.717, 1.165) is 0 Å². The minimum Gasteiger partial charge on any atom is -0.396 e. The summed E-state index contributed by atoms with van der Waals surface area (Å²) in [5.41, 5.74) is 0. The first kappa shape index (κ1) is 12.6. The van der Waals surface area contributed by atoms with E-state index in [1.807, 2.05) is 0 Å². The highest BCUT2D eigenvalue weighted by atomic mass is 16.6. The third-order valence-electron chi connectivity index (χ3n) is 1.62. The maximum Gasteiger partial charge on any atom is 0.181 e. The number of hydrogen-bond acceptors (Lipinski definition) is 4. The molecule has 0 amide bonds. The smallest absolute Gasteiger partial charge is 0.181 e. The van der Waals surface area contributed by atoms with Crippen LogP contribution in [0.1, 0.15) is 19.3 Å². The number of aliphatic hydroxyl groups excluding tert-OH is 3. The largest absolute Gasteiger partial charge is 0.396 e. The van der Waals surface area contributed by atoms with Crippen LogP contribution in [0.3, 0.4) is 0 Å². The Hall–Kier alpha value is -0.420. The third kappa shape index (κ3) is 6.72. The van der Waals surface area contributed by atoms with Crippen molar-refractivity contribution in [2.75, 3.05) is 13.2 Å². The Bertz CT molecular complexity index is 127. The normalized spacial score (nSPS) is 15.3. The first-order chi connectivity index (χ1) is 6.22. The molecule has 0 spiro atoms. The van der Waals surface area contributed by atoms with Crippen LogP contribution in [-0.4, -0.2) is 40.9 Å². The molecule has 0 aromatic rings. The van der Waals surface area contributed by atoms with E-state index in [-0.39, 0.29) is 13.2 Å². The molecule has 0 rings (SSSR count). The molecule has 0 fully saturated rings. The van der Waals surface area contributed by atoms with Crippen LogP contribution in [0.4, 0.5) is 0 Å². The van der Waals surface area contributed by atoms with E-state index < -0.39 is 12.4 Å². The molecule has 4 nitrogen and oxygen atoms in total. The van der Waals surface area contributed by atoms with Gasteiger partial charge in [0.2, 0.25) is 0 Å². The van der Waals surface area contributed by atoms with Gasteiger partial charge in [-0.2, -0.15) is 0 Å². The molecule has 3 N–H and O–H groups in total. The van der Waals surface area contributed by atoms with E-state index in [1.165, 1.54) is 6.08 Å². The fourth-order valence-electron chi connectivity index (χ4n) is 0.886. The Kier molecular flexibility index (Phi) is 7.93. The van der Waals surface area contributed by atoms with E-state index in [2.05, 4.69) is 6.58 Å². The van der Waals surface area contributed by atoms with Gasteiger partial charge < -0.3 is 20.1 Å². The quantitative estimate of drug-likeness (QED) is 0.287. The van der Waals surface area contributed by atoms with E-state index in [9.17, 15) is 5.11 Å². The number of hydrogen-bond donors (Lipinski definition) is 3. The van der Waals surface area contributed by atoms with Crippen LogP contribution < -0.4 is 0 Å². The molecular weight excluding hydrogens is 172 g/mol. The highest BCUT2D eigenvalue weighted by Gasteiger charge is 2.15. The van der Waals surface area contributed by atoms with Gasteiger partial charge in [-0.15, -0.1) is 6.58 Å². The average Bonchev–Trinajstić information content (AvgIpc) is 2.14. The van der Waals surface area contributed by atoms with Gasteiger partial charge in [-0.25, -0.2) is 0 Å². The summed E-state index contributed by atoms with van der Waals surface area (Å²) in [6.45, 7) is 3.74. The summed E-state index contributed by atoms with van der Waals surface area (Å²) in [4.78, 5) is 0. The van der Waals surface area contributed by atoms with E-state index >= 15 is 0 Å². The van der Waals surface area contributed by atoms with E-state index in [1.54, 1.807) is 0 Å². The van der Waals surface area contributed by atoms with Gasteiger partial charge in [0.25, 0.3) is 0 Å². The zero-order valence-electron chi connectivity index (χ0n) is 7.72. The zero-order chi connectivity index (χ0) is 10.1. The lowest BCUT2D eigenvalue weighted by Crippen LogP contribution is -2.28. The Morgan fingerprint density at radius 2 is 2.00 bits per heavy atom. The van der Waals surface area contributed by atoms with Gasteiger partial charge in [0, 0.05) is 6.61 Å². The van der Waals surface area contributed by atoms with Gasteiger partial charge in [-0.05, 0) is 19.3 Å². The van der Waals surface area contributed by atoms with Crippen LogP contribution >= 0.6 is 0 Å². The van der Waals surface area contributed by atoms with Crippen molar-refractivity contribution < 1.29 is 20.1 Å². The molecule has 0 aliphatic carbocycles. The molecule has 0 saturated carbocycles. The molecule has 0 aromatic carbocycles. The number of rotatable bonds is 8. The van der Waals surface area contributed by atoms with Crippen LogP contribution in [0.25, 0.3) is 0 Å². The van der Waals surface area contributed by atoms with Gasteiger partial charge in [-0.3, -0.25) is 0 Å². The molecule has 0 heterocycles. The Morgan fingerprint density at radius 1 is 1.31 bits per heavy atom. The number of unbranched alkanes of at least 4 members (excludes halogenated alkanes) is 1. The zero-order valence-corrected chi connectivity index (χ0v) is 7.72. The van der Waals surface area contributed by atoms with Crippen LogP contribution in [0.5, 0.6) is 0 Å². The first-order valence-corrected chi connectivity index (χ1v) is 4.42. The Labute approximate surface area is 78.5 Å². The molecule has 2 atom stereocenters. The summed E-state index contributed by atoms with van der Waals surface area (Å²) in [6.07, 6.45) is 1.20. The standard InChI is InChI=1S/C9H18O4/c1-2-7-13-9(12)8(11)5-3-4-6-10/h2,8-12H,1,3-7H2/t8-,9-/m1/s1. The SMILES string of the molecule is C=CCO[C@@H](O)[C@H](O)CCCCO. The molecule has 0 saturated heterocycles. The monoisotopic (exact) mass is 190 g/mol. The van der Waals surface area contributed by atoms with Crippen molar-refractivity contribution in [3.05, 3.63) is 12.7 Å². The van der Waals surface area contributed by atoms with Crippen molar-refractivity contribution in [2.45, 2.75) is 31.7 Å². The maximum atomic E-state index is 9.28. The van der Waals surface area contributed by atoms with Gasteiger partial charge in [0.1, 0.15) is 6.10 Å². The summed E-state index contributed by atoms with van der Waals surface area (Å²) in [5.74, 6) is 0. The first-order valence-electron chi connectivity index (χ1n) is 4.42. The van der Waals surface area contributed by atoms with Gasteiger partial charge in [0.05, 0.1) is 6.61 Å². The Morgan fingerprint density at radius 3 is 2.54 bits per heavy atom.